The molecule has 0 saturated carbocycles. The van der Waals surface area contributed by atoms with Crippen LogP contribution in [-0.2, 0) is 15.0 Å². The fourth-order valence-corrected chi connectivity index (χ4v) is 5.61. The molecule has 6 nitrogen and oxygen atoms in total. The van der Waals surface area contributed by atoms with Gasteiger partial charge in [-0.25, -0.2) is 4.39 Å². The Labute approximate surface area is 202 Å². The lowest BCUT2D eigenvalue weighted by Crippen LogP contribution is -2.50. The first-order chi connectivity index (χ1) is 15.7. The largest absolute Gasteiger partial charge is 0.384 e. The van der Waals surface area contributed by atoms with Crippen molar-refractivity contribution in [3.8, 4) is 6.07 Å². The number of amides is 1. The van der Waals surface area contributed by atoms with E-state index in [0.29, 0.717) is 44.8 Å². The number of carbonyl (C=O) groups excluding carboxylic acids is 2. The lowest BCUT2D eigenvalue weighted by atomic mass is 9.63. The molecule has 166 valence electrons. The van der Waals surface area contributed by atoms with E-state index < -0.39 is 17.1 Å². The number of nitrogens with one attached hydrogen (secondary N) is 1. The lowest BCUT2D eigenvalue weighted by Gasteiger charge is -2.43. The highest BCUT2D eigenvalue weighted by Gasteiger charge is 2.60. The topological polar surface area (TPSA) is 99.2 Å². The first kappa shape index (κ1) is 21.7. The Morgan fingerprint density at radius 1 is 1.27 bits per heavy atom. The Morgan fingerprint density at radius 3 is 2.73 bits per heavy atom. The van der Waals surface area contributed by atoms with Gasteiger partial charge in [-0.05, 0) is 49.6 Å². The molecule has 3 aliphatic rings. The number of anilines is 2. The number of benzene rings is 2. The molecule has 0 radical (unpaired) electrons. The van der Waals surface area contributed by atoms with Crippen molar-refractivity contribution in [2.24, 2.45) is 5.73 Å². The number of allylic oxidation sites excluding steroid dienone is 1. The van der Waals surface area contributed by atoms with Crippen LogP contribution in [0.15, 0.2) is 57.5 Å². The second-order valence-corrected chi connectivity index (χ2v) is 9.52. The van der Waals surface area contributed by atoms with E-state index in [-0.39, 0.29) is 34.9 Å². The minimum Gasteiger partial charge on any atom is -0.384 e. The van der Waals surface area contributed by atoms with E-state index in [0.717, 1.165) is 0 Å². The third-order valence-electron chi connectivity index (χ3n) is 6.55. The minimum absolute atomic E-state index is 0.0808. The van der Waals surface area contributed by atoms with Crippen LogP contribution in [0.3, 0.4) is 0 Å². The Balaban J connectivity index is 1.90. The van der Waals surface area contributed by atoms with Crippen molar-refractivity contribution in [1.82, 2.24) is 0 Å². The molecular weight excluding hydrogens is 511 g/mol. The summed E-state index contributed by atoms with van der Waals surface area (Å²) < 4.78 is 15.6. The summed E-state index contributed by atoms with van der Waals surface area (Å²) in [5, 5.41) is 13.5. The van der Waals surface area contributed by atoms with Gasteiger partial charge >= 0.3 is 0 Å². The van der Waals surface area contributed by atoms with Crippen molar-refractivity contribution in [3.63, 3.8) is 0 Å². The van der Waals surface area contributed by atoms with Crippen LogP contribution in [0.5, 0.6) is 0 Å². The Hall–Kier alpha value is -3.15. The first-order valence-electron chi connectivity index (χ1n) is 10.3. The molecule has 33 heavy (non-hydrogen) atoms. The van der Waals surface area contributed by atoms with Crippen molar-refractivity contribution < 1.29 is 14.0 Å². The molecule has 1 aliphatic carbocycles. The summed E-state index contributed by atoms with van der Waals surface area (Å²) in [6, 6.07) is 9.82. The highest BCUT2D eigenvalue weighted by molar-refractivity contribution is 9.10. The van der Waals surface area contributed by atoms with Crippen molar-refractivity contribution in [2.45, 2.75) is 31.6 Å². The molecule has 0 fully saturated rings. The molecule has 1 amide bonds. The number of halogens is 3. The van der Waals surface area contributed by atoms with Crippen molar-refractivity contribution in [1.29, 1.82) is 5.26 Å². The van der Waals surface area contributed by atoms with Crippen LogP contribution in [0.4, 0.5) is 15.8 Å². The first-order valence-corrected chi connectivity index (χ1v) is 11.4. The summed E-state index contributed by atoms with van der Waals surface area (Å²) in [6.07, 6.45) is 1.13. The van der Waals surface area contributed by atoms with Gasteiger partial charge in [0.15, 0.2) is 5.78 Å². The van der Waals surface area contributed by atoms with E-state index in [4.69, 9.17) is 17.3 Å². The number of nitrogens with two attached hydrogens (primary N) is 1. The lowest BCUT2D eigenvalue weighted by molar-refractivity contribution is -0.122. The Bertz CT molecular complexity index is 1390. The van der Waals surface area contributed by atoms with Gasteiger partial charge in [0.25, 0.3) is 0 Å². The molecule has 2 aromatic carbocycles. The van der Waals surface area contributed by atoms with Crippen LogP contribution in [0, 0.1) is 24.1 Å². The normalized spacial score (nSPS) is 21.8. The maximum absolute atomic E-state index is 15.0. The van der Waals surface area contributed by atoms with Crippen molar-refractivity contribution in [2.75, 3.05) is 10.2 Å². The van der Waals surface area contributed by atoms with E-state index in [1.54, 1.807) is 25.1 Å². The number of hydrogen-bond donors (Lipinski definition) is 2. The van der Waals surface area contributed by atoms with Gasteiger partial charge in [0.2, 0.25) is 5.91 Å². The maximum atomic E-state index is 15.0. The number of Topliss-reactive ketones (excluding diaryl/α,β-unsaturated/α-hetero) is 1. The number of rotatable bonds is 1. The number of hydrogen-bond acceptors (Lipinski definition) is 5. The van der Waals surface area contributed by atoms with Crippen molar-refractivity contribution in [3.05, 3.63) is 79.4 Å². The fraction of sp³-hybridized carbons (Fsp3) is 0.208. The predicted molar refractivity (Wildman–Crippen MR) is 126 cm³/mol. The SMILES string of the molecule is Cc1c(Cl)ccc2c1NC(=O)C21C(C#N)=C(N)N(c2ccc(Br)cc2F)C2=C1C(=O)CCC2. The molecule has 2 heterocycles. The summed E-state index contributed by atoms with van der Waals surface area (Å²) in [7, 11) is 0. The van der Waals surface area contributed by atoms with Crippen LogP contribution in [0.25, 0.3) is 0 Å². The van der Waals surface area contributed by atoms with E-state index in [1.165, 1.54) is 17.0 Å². The summed E-state index contributed by atoms with van der Waals surface area (Å²) in [6.45, 7) is 1.75. The van der Waals surface area contributed by atoms with Gasteiger partial charge in [-0.2, -0.15) is 5.26 Å². The van der Waals surface area contributed by atoms with Gasteiger partial charge in [-0.1, -0.05) is 33.6 Å². The fourth-order valence-electron chi connectivity index (χ4n) is 5.12. The van der Waals surface area contributed by atoms with Crippen LogP contribution < -0.4 is 16.0 Å². The highest BCUT2D eigenvalue weighted by atomic mass is 79.9. The van der Waals surface area contributed by atoms with Gasteiger partial charge in [0.1, 0.15) is 23.1 Å². The molecule has 2 aliphatic heterocycles. The van der Waals surface area contributed by atoms with Crippen LogP contribution in [0.2, 0.25) is 5.02 Å². The van der Waals surface area contributed by atoms with Gasteiger partial charge in [0, 0.05) is 32.7 Å². The summed E-state index contributed by atoms with van der Waals surface area (Å²) >= 11 is 9.52. The molecule has 3 N–H and O–H groups in total. The maximum Gasteiger partial charge on any atom is 0.245 e. The van der Waals surface area contributed by atoms with Gasteiger partial charge < -0.3 is 11.1 Å². The van der Waals surface area contributed by atoms with Crippen LogP contribution >= 0.6 is 27.5 Å². The third-order valence-corrected chi connectivity index (χ3v) is 7.45. The molecular formula is C24H17BrClFN4O2. The zero-order chi connectivity index (χ0) is 23.7. The monoisotopic (exact) mass is 526 g/mol. The molecule has 2 aromatic rings. The Kier molecular flexibility index (Phi) is 4.89. The zero-order valence-electron chi connectivity index (χ0n) is 17.4. The second-order valence-electron chi connectivity index (χ2n) is 8.20. The summed E-state index contributed by atoms with van der Waals surface area (Å²) in [4.78, 5) is 28.5. The molecule has 1 spiro atoms. The van der Waals surface area contributed by atoms with Crippen LogP contribution in [-0.4, -0.2) is 11.7 Å². The number of nitrogens with zero attached hydrogens (tertiary/aromatic N) is 2. The van der Waals surface area contributed by atoms with Crippen LogP contribution in [0.1, 0.15) is 30.4 Å². The molecule has 5 rings (SSSR count). The summed E-state index contributed by atoms with van der Waals surface area (Å²) in [5.74, 6) is -1.47. The smallest absolute Gasteiger partial charge is 0.245 e. The quantitative estimate of drug-likeness (QED) is 0.546. The number of carbonyl (C=O) groups is 2. The number of ketones is 1. The minimum atomic E-state index is -1.71. The highest BCUT2D eigenvalue weighted by Crippen LogP contribution is 2.56. The zero-order valence-corrected chi connectivity index (χ0v) is 19.8. The third kappa shape index (κ3) is 2.76. The Morgan fingerprint density at radius 2 is 2.03 bits per heavy atom. The number of fused-ring (bicyclic) bond motifs is 3. The molecule has 9 heteroatoms. The van der Waals surface area contributed by atoms with E-state index in [1.807, 2.05) is 0 Å². The molecule has 1 atom stereocenters. The molecule has 0 saturated heterocycles. The number of nitriles is 1. The van der Waals surface area contributed by atoms with Gasteiger partial charge in [0.05, 0.1) is 16.9 Å². The van der Waals surface area contributed by atoms with Gasteiger partial charge in [-0.3, -0.25) is 14.5 Å². The molecule has 0 bridgehead atoms. The van der Waals surface area contributed by atoms with Crippen molar-refractivity contribution >= 4 is 50.6 Å². The average molecular weight is 528 g/mol. The van der Waals surface area contributed by atoms with E-state index in [2.05, 4.69) is 27.3 Å². The predicted octanol–water partition coefficient (Wildman–Crippen LogP) is 4.96. The average Bonchev–Trinajstić information content (AvgIpc) is 3.05. The van der Waals surface area contributed by atoms with Gasteiger partial charge in [-0.15, -0.1) is 0 Å². The summed E-state index contributed by atoms with van der Waals surface area (Å²) in [5.41, 5.74) is 6.93. The second kappa shape index (κ2) is 7.44. The molecule has 1 unspecified atom stereocenters. The standard InChI is InChI=1S/C24H17BrClFN4O2/c1-11-15(26)7-6-13-21(11)30-23(33)24(13)14(10-28)22(29)31(17-8-5-12(25)9-16(17)27)18-3-2-4-19(32)20(18)24/h5-9H,2-4,29H2,1H3,(H,30,33). The molecule has 0 aromatic heterocycles. The van der Waals surface area contributed by atoms with E-state index >= 15 is 4.39 Å². The van der Waals surface area contributed by atoms with E-state index in [9.17, 15) is 14.9 Å².